The molecular weight excluding hydrogens is 424 g/mol. The summed E-state index contributed by atoms with van der Waals surface area (Å²) in [5, 5.41) is 19.2. The predicted octanol–water partition coefficient (Wildman–Crippen LogP) is 4.36. The van der Waals surface area contributed by atoms with Gasteiger partial charge in [0, 0.05) is 23.9 Å². The van der Waals surface area contributed by atoms with Gasteiger partial charge in [-0.3, -0.25) is 0 Å². The maximum absolute atomic E-state index is 6.16. The Morgan fingerprint density at radius 1 is 1.03 bits per heavy atom. The number of H-pyrrole nitrogens is 1. The van der Waals surface area contributed by atoms with Crippen LogP contribution in [0, 0.1) is 5.92 Å². The van der Waals surface area contributed by atoms with Crippen molar-refractivity contribution in [2.24, 2.45) is 11.7 Å². The van der Waals surface area contributed by atoms with Crippen LogP contribution in [0.2, 0.25) is 0 Å². The lowest BCUT2D eigenvalue weighted by molar-refractivity contribution is 0.282. The summed E-state index contributed by atoms with van der Waals surface area (Å²) in [7, 11) is 0. The normalized spacial score (nSPS) is 19.3. The fourth-order valence-corrected chi connectivity index (χ4v) is 5.05. The van der Waals surface area contributed by atoms with Crippen molar-refractivity contribution in [1.29, 1.82) is 0 Å². The zero-order valence-electron chi connectivity index (χ0n) is 19.9. The highest BCUT2D eigenvalue weighted by atomic mass is 15.5. The van der Waals surface area contributed by atoms with Crippen molar-refractivity contribution in [3.05, 3.63) is 65.7 Å². The molecule has 2 aromatic heterocycles. The minimum atomic E-state index is 0.272. The summed E-state index contributed by atoms with van der Waals surface area (Å²) in [5.41, 5.74) is 10.6. The van der Waals surface area contributed by atoms with Gasteiger partial charge in [0.1, 0.15) is 5.82 Å². The van der Waals surface area contributed by atoms with Crippen molar-refractivity contribution in [3.63, 3.8) is 0 Å². The molecule has 1 saturated carbocycles. The van der Waals surface area contributed by atoms with Crippen LogP contribution in [-0.2, 0) is 13.0 Å². The molecule has 2 heterocycles. The average molecular weight is 457 g/mol. The molecule has 8 heteroatoms. The summed E-state index contributed by atoms with van der Waals surface area (Å²) in [6, 6.07) is 17.1. The molecular formula is C26H32N8. The van der Waals surface area contributed by atoms with Crippen LogP contribution in [0.5, 0.6) is 0 Å². The standard InChI is InChI=1S/C26H32N8/c1-3-24-28-26(21-14-12-19(13-15-21)17(2)27)34(31-24)16-18-8-10-20(11-9-18)22-6-4-5-7-23(22)25-29-32-33-30-25/h4-11,17,19,21H,3,12-16,27H2,1-2H3,(H,29,30,32,33). The molecule has 0 amide bonds. The van der Waals surface area contributed by atoms with E-state index in [4.69, 9.17) is 15.8 Å². The predicted molar refractivity (Wildman–Crippen MR) is 132 cm³/mol. The molecule has 1 aliphatic carbocycles. The van der Waals surface area contributed by atoms with Gasteiger partial charge in [-0.2, -0.15) is 5.10 Å². The highest BCUT2D eigenvalue weighted by Gasteiger charge is 2.28. The van der Waals surface area contributed by atoms with Crippen LogP contribution < -0.4 is 5.73 Å². The first-order valence-corrected chi connectivity index (χ1v) is 12.2. The second-order valence-electron chi connectivity index (χ2n) is 9.36. The van der Waals surface area contributed by atoms with Gasteiger partial charge in [0.15, 0.2) is 11.6 Å². The Morgan fingerprint density at radius 3 is 2.41 bits per heavy atom. The third-order valence-electron chi connectivity index (χ3n) is 7.07. The van der Waals surface area contributed by atoms with E-state index in [-0.39, 0.29) is 6.04 Å². The Kier molecular flexibility index (Phi) is 6.49. The second kappa shape index (κ2) is 9.85. The molecule has 5 rings (SSSR count). The Bertz CT molecular complexity index is 1200. The zero-order chi connectivity index (χ0) is 23.5. The first kappa shape index (κ1) is 22.4. The SMILES string of the molecule is CCc1nc(C2CCC(C(C)N)CC2)n(Cc2ccc(-c3ccccc3-c3nnn[nH]3)cc2)n1. The Balaban J connectivity index is 1.36. The van der Waals surface area contributed by atoms with Crippen LogP contribution in [0.3, 0.4) is 0 Å². The maximum atomic E-state index is 6.16. The van der Waals surface area contributed by atoms with Gasteiger partial charge in [-0.1, -0.05) is 55.5 Å². The lowest BCUT2D eigenvalue weighted by Gasteiger charge is -2.30. The average Bonchev–Trinajstić information content (AvgIpc) is 3.55. The second-order valence-corrected chi connectivity index (χ2v) is 9.36. The third-order valence-corrected chi connectivity index (χ3v) is 7.07. The summed E-state index contributed by atoms with van der Waals surface area (Å²) in [5.74, 6) is 3.81. The largest absolute Gasteiger partial charge is 0.328 e. The molecule has 1 unspecified atom stereocenters. The fraction of sp³-hybridized carbons (Fsp3) is 0.423. The Morgan fingerprint density at radius 2 is 1.76 bits per heavy atom. The highest BCUT2D eigenvalue weighted by Crippen LogP contribution is 2.36. The molecule has 1 atom stereocenters. The third kappa shape index (κ3) is 4.63. The number of rotatable bonds is 7. The summed E-state index contributed by atoms with van der Waals surface area (Å²) in [6.07, 6.45) is 5.47. The van der Waals surface area contributed by atoms with E-state index >= 15 is 0 Å². The van der Waals surface area contributed by atoms with E-state index in [1.54, 1.807) is 0 Å². The van der Waals surface area contributed by atoms with Crippen LogP contribution in [-0.4, -0.2) is 41.4 Å². The lowest BCUT2D eigenvalue weighted by atomic mass is 9.79. The summed E-state index contributed by atoms with van der Waals surface area (Å²) in [6.45, 7) is 4.98. The molecule has 0 bridgehead atoms. The first-order chi connectivity index (χ1) is 16.6. The number of benzene rings is 2. The van der Waals surface area contributed by atoms with Gasteiger partial charge >= 0.3 is 0 Å². The molecule has 0 spiro atoms. The summed E-state index contributed by atoms with van der Waals surface area (Å²) < 4.78 is 2.12. The molecule has 0 aliphatic heterocycles. The van der Waals surface area contributed by atoms with E-state index in [1.165, 1.54) is 18.4 Å². The minimum absolute atomic E-state index is 0.272. The van der Waals surface area contributed by atoms with Crippen LogP contribution in [0.25, 0.3) is 22.5 Å². The number of hydrogen-bond donors (Lipinski definition) is 2. The van der Waals surface area contributed by atoms with E-state index in [1.807, 2.05) is 18.2 Å². The number of nitrogens with two attached hydrogens (primary N) is 1. The minimum Gasteiger partial charge on any atom is -0.328 e. The Hall–Kier alpha value is -3.39. The topological polar surface area (TPSA) is 111 Å². The summed E-state index contributed by atoms with van der Waals surface area (Å²) in [4.78, 5) is 4.92. The molecule has 3 N–H and O–H groups in total. The van der Waals surface area contributed by atoms with Crippen molar-refractivity contribution in [1.82, 2.24) is 35.4 Å². The zero-order valence-corrected chi connectivity index (χ0v) is 19.9. The summed E-state index contributed by atoms with van der Waals surface area (Å²) >= 11 is 0. The van der Waals surface area contributed by atoms with Gasteiger partial charge in [-0.25, -0.2) is 14.8 Å². The van der Waals surface area contributed by atoms with Gasteiger partial charge in [-0.05, 0) is 65.6 Å². The quantitative estimate of drug-likeness (QED) is 0.427. The molecule has 2 aromatic carbocycles. The Labute approximate surface area is 200 Å². The molecule has 34 heavy (non-hydrogen) atoms. The smallest absolute Gasteiger partial charge is 0.180 e. The molecule has 0 saturated heterocycles. The number of nitrogens with one attached hydrogen (secondary N) is 1. The van der Waals surface area contributed by atoms with Crippen molar-refractivity contribution in [3.8, 4) is 22.5 Å². The van der Waals surface area contributed by atoms with Crippen molar-refractivity contribution < 1.29 is 0 Å². The van der Waals surface area contributed by atoms with Crippen molar-refractivity contribution in [2.75, 3.05) is 0 Å². The molecule has 0 radical (unpaired) electrons. The first-order valence-electron chi connectivity index (χ1n) is 12.2. The number of nitrogens with zero attached hydrogens (tertiary/aromatic N) is 6. The van der Waals surface area contributed by atoms with Crippen molar-refractivity contribution >= 4 is 0 Å². The van der Waals surface area contributed by atoms with Gasteiger partial charge < -0.3 is 5.73 Å². The van der Waals surface area contributed by atoms with E-state index in [0.29, 0.717) is 17.7 Å². The number of hydrogen-bond acceptors (Lipinski definition) is 6. The van der Waals surface area contributed by atoms with Gasteiger partial charge in [0.2, 0.25) is 0 Å². The van der Waals surface area contributed by atoms with Gasteiger partial charge in [0.25, 0.3) is 0 Å². The fourth-order valence-electron chi connectivity index (χ4n) is 5.05. The van der Waals surface area contributed by atoms with E-state index in [9.17, 15) is 0 Å². The number of aromatic nitrogens is 7. The van der Waals surface area contributed by atoms with Crippen LogP contribution in [0.15, 0.2) is 48.5 Å². The van der Waals surface area contributed by atoms with Gasteiger partial charge in [-0.15, -0.1) is 5.10 Å². The molecule has 176 valence electrons. The van der Waals surface area contributed by atoms with Crippen LogP contribution in [0.1, 0.15) is 62.7 Å². The van der Waals surface area contributed by atoms with Crippen LogP contribution >= 0.6 is 0 Å². The van der Waals surface area contributed by atoms with Crippen molar-refractivity contribution in [2.45, 2.75) is 64.5 Å². The number of tetrazole rings is 1. The molecule has 8 nitrogen and oxygen atoms in total. The highest BCUT2D eigenvalue weighted by molar-refractivity contribution is 5.80. The van der Waals surface area contributed by atoms with Crippen LogP contribution in [0.4, 0.5) is 0 Å². The maximum Gasteiger partial charge on any atom is 0.180 e. The number of aromatic amines is 1. The molecule has 1 fully saturated rings. The molecule has 4 aromatic rings. The van der Waals surface area contributed by atoms with E-state index < -0.39 is 0 Å². The van der Waals surface area contributed by atoms with Gasteiger partial charge in [0.05, 0.1) is 6.54 Å². The lowest BCUT2D eigenvalue weighted by Crippen LogP contribution is -2.30. The van der Waals surface area contributed by atoms with E-state index in [2.05, 4.69) is 69.5 Å². The van der Waals surface area contributed by atoms with E-state index in [0.717, 1.165) is 54.1 Å². The number of aryl methyl sites for hydroxylation is 1. The monoisotopic (exact) mass is 456 g/mol. The molecule has 1 aliphatic rings.